The third-order valence-electron chi connectivity index (χ3n) is 2.38. The van der Waals surface area contributed by atoms with Gasteiger partial charge in [-0.15, -0.1) is 0 Å². The lowest BCUT2D eigenvalue weighted by molar-refractivity contribution is -0.138. The van der Waals surface area contributed by atoms with Crippen LogP contribution in [0.1, 0.15) is 31.4 Å². The molecule has 0 amide bonds. The highest BCUT2D eigenvalue weighted by atomic mass is 16.4. The third-order valence-corrected chi connectivity index (χ3v) is 2.38. The first-order chi connectivity index (χ1) is 6.83. The van der Waals surface area contributed by atoms with Crippen molar-refractivity contribution in [3.8, 4) is 0 Å². The highest BCUT2D eigenvalue weighted by molar-refractivity contribution is 5.69. The molecule has 0 fully saturated rings. The van der Waals surface area contributed by atoms with E-state index in [4.69, 9.17) is 10.8 Å². The molecule has 1 rings (SSSR count). The number of carboxylic acid groups (broad SMARTS) is 1. The van der Waals surface area contributed by atoms with Gasteiger partial charge in [0.15, 0.2) is 0 Å². The molecule has 3 N–H and O–H groups in total. The lowest BCUT2D eigenvalue weighted by Gasteiger charge is -2.24. The van der Waals surface area contributed by atoms with Crippen molar-refractivity contribution in [2.24, 2.45) is 0 Å². The van der Waals surface area contributed by atoms with E-state index < -0.39 is 11.4 Å². The van der Waals surface area contributed by atoms with E-state index in [9.17, 15) is 4.79 Å². The highest BCUT2D eigenvalue weighted by Crippen LogP contribution is 2.30. The molecule has 0 radical (unpaired) electrons. The Morgan fingerprint density at radius 1 is 1.60 bits per heavy atom. The van der Waals surface area contributed by atoms with E-state index in [1.807, 2.05) is 26.8 Å². The van der Waals surface area contributed by atoms with Crippen LogP contribution in [0.25, 0.3) is 0 Å². The first-order valence-electron chi connectivity index (χ1n) is 4.77. The summed E-state index contributed by atoms with van der Waals surface area (Å²) in [4.78, 5) is 14.8. The van der Waals surface area contributed by atoms with Crippen molar-refractivity contribution in [1.82, 2.24) is 4.98 Å². The van der Waals surface area contributed by atoms with Crippen molar-refractivity contribution in [2.45, 2.75) is 32.6 Å². The summed E-state index contributed by atoms with van der Waals surface area (Å²) >= 11 is 0. The zero-order valence-electron chi connectivity index (χ0n) is 9.24. The number of aromatic nitrogens is 1. The first-order valence-corrected chi connectivity index (χ1v) is 4.77. The number of hydrogen-bond donors (Lipinski definition) is 2. The Morgan fingerprint density at radius 2 is 2.20 bits per heavy atom. The molecule has 0 saturated heterocycles. The number of nitrogen functional groups attached to an aromatic ring is 1. The Morgan fingerprint density at radius 3 is 2.73 bits per heavy atom. The Balaban J connectivity index is 3.13. The van der Waals surface area contributed by atoms with Gasteiger partial charge in [0.25, 0.3) is 0 Å². The van der Waals surface area contributed by atoms with Gasteiger partial charge in [-0.3, -0.25) is 4.79 Å². The Hall–Kier alpha value is -1.58. The summed E-state index contributed by atoms with van der Waals surface area (Å²) < 4.78 is 0. The number of aliphatic carboxylic acids is 1. The summed E-state index contributed by atoms with van der Waals surface area (Å²) in [6.07, 6.45) is 1.72. The fraction of sp³-hybridized carbons (Fsp3) is 0.455. The summed E-state index contributed by atoms with van der Waals surface area (Å²) in [6, 6.07) is 1.89. The van der Waals surface area contributed by atoms with E-state index >= 15 is 0 Å². The van der Waals surface area contributed by atoms with Gasteiger partial charge >= 0.3 is 5.97 Å². The molecule has 4 nitrogen and oxygen atoms in total. The number of anilines is 1. The van der Waals surface area contributed by atoms with Crippen molar-refractivity contribution < 1.29 is 9.90 Å². The molecule has 4 heteroatoms. The molecule has 0 bridgehead atoms. The number of nitrogens with two attached hydrogens (primary N) is 1. The van der Waals surface area contributed by atoms with Gasteiger partial charge in [-0.2, -0.15) is 0 Å². The van der Waals surface area contributed by atoms with Crippen LogP contribution in [0.2, 0.25) is 0 Å². The standard InChI is InChI=1S/C11H16N2O2/c1-7-4-8(10(12)13-6-7)11(2,3)5-9(14)15/h4,6H,5H2,1-3H3,(H2,12,13)(H,14,15). The number of rotatable bonds is 3. The van der Waals surface area contributed by atoms with Crippen molar-refractivity contribution >= 4 is 11.8 Å². The SMILES string of the molecule is Cc1cnc(N)c(C(C)(C)CC(=O)O)c1. The Kier molecular flexibility index (Phi) is 2.98. The van der Waals surface area contributed by atoms with Gasteiger partial charge in [-0.05, 0) is 12.5 Å². The second kappa shape index (κ2) is 3.88. The van der Waals surface area contributed by atoms with Crippen molar-refractivity contribution in [3.63, 3.8) is 0 Å². The maximum absolute atomic E-state index is 10.7. The van der Waals surface area contributed by atoms with Crippen LogP contribution >= 0.6 is 0 Å². The third kappa shape index (κ3) is 2.68. The molecule has 1 heterocycles. The molecule has 0 aliphatic rings. The van der Waals surface area contributed by atoms with Crippen molar-refractivity contribution in [2.75, 3.05) is 5.73 Å². The quantitative estimate of drug-likeness (QED) is 0.793. The van der Waals surface area contributed by atoms with Gasteiger partial charge in [-0.25, -0.2) is 4.98 Å². The molecule has 0 saturated carbocycles. The molecule has 82 valence electrons. The molecular formula is C11H16N2O2. The summed E-state index contributed by atoms with van der Waals surface area (Å²) in [7, 11) is 0. The van der Waals surface area contributed by atoms with Crippen LogP contribution in [-0.2, 0) is 10.2 Å². The normalized spacial score (nSPS) is 11.4. The minimum absolute atomic E-state index is 0.0440. The molecule has 1 aromatic rings. The summed E-state index contributed by atoms with van der Waals surface area (Å²) in [5, 5.41) is 8.81. The average Bonchev–Trinajstić information content (AvgIpc) is 2.06. The summed E-state index contributed by atoms with van der Waals surface area (Å²) in [5.74, 6) is -0.423. The lowest BCUT2D eigenvalue weighted by atomic mass is 9.81. The van der Waals surface area contributed by atoms with E-state index in [-0.39, 0.29) is 6.42 Å². The molecular weight excluding hydrogens is 192 g/mol. The Bertz CT molecular complexity index is 386. The van der Waals surface area contributed by atoms with Gasteiger partial charge in [0.1, 0.15) is 5.82 Å². The van der Waals surface area contributed by atoms with Crippen molar-refractivity contribution in [3.05, 3.63) is 23.4 Å². The zero-order chi connectivity index (χ0) is 11.6. The molecule has 0 atom stereocenters. The predicted molar refractivity (Wildman–Crippen MR) is 58.7 cm³/mol. The number of pyridine rings is 1. The Labute approximate surface area is 89.1 Å². The average molecular weight is 208 g/mol. The molecule has 0 spiro atoms. The van der Waals surface area contributed by atoms with Crippen LogP contribution in [0, 0.1) is 6.92 Å². The minimum atomic E-state index is -0.832. The van der Waals surface area contributed by atoms with Gasteiger partial charge in [0.05, 0.1) is 6.42 Å². The van der Waals surface area contributed by atoms with E-state index in [1.54, 1.807) is 6.20 Å². The predicted octanol–water partition coefficient (Wildman–Crippen LogP) is 1.72. The molecule has 0 aliphatic carbocycles. The number of carbonyl (C=O) groups is 1. The number of carboxylic acids is 1. The smallest absolute Gasteiger partial charge is 0.304 e. The number of nitrogens with zero attached hydrogens (tertiary/aromatic N) is 1. The van der Waals surface area contributed by atoms with E-state index in [2.05, 4.69) is 4.98 Å². The molecule has 0 unspecified atom stereocenters. The zero-order valence-corrected chi connectivity index (χ0v) is 9.24. The van der Waals surface area contributed by atoms with Crippen LogP contribution in [0.15, 0.2) is 12.3 Å². The molecule has 15 heavy (non-hydrogen) atoms. The largest absolute Gasteiger partial charge is 0.481 e. The fourth-order valence-corrected chi connectivity index (χ4v) is 1.60. The highest BCUT2D eigenvalue weighted by Gasteiger charge is 2.26. The topological polar surface area (TPSA) is 76.2 Å². The molecule has 0 aromatic carbocycles. The van der Waals surface area contributed by atoms with Gasteiger partial charge in [0, 0.05) is 17.2 Å². The van der Waals surface area contributed by atoms with Gasteiger partial charge in [0.2, 0.25) is 0 Å². The summed E-state index contributed by atoms with van der Waals surface area (Å²) in [5.41, 5.74) is 7.04. The van der Waals surface area contributed by atoms with Crippen LogP contribution in [-0.4, -0.2) is 16.1 Å². The van der Waals surface area contributed by atoms with Crippen LogP contribution in [0.3, 0.4) is 0 Å². The monoisotopic (exact) mass is 208 g/mol. The minimum Gasteiger partial charge on any atom is -0.481 e. The first kappa shape index (κ1) is 11.5. The van der Waals surface area contributed by atoms with E-state index in [0.717, 1.165) is 11.1 Å². The van der Waals surface area contributed by atoms with Crippen LogP contribution in [0.4, 0.5) is 5.82 Å². The fourth-order valence-electron chi connectivity index (χ4n) is 1.60. The van der Waals surface area contributed by atoms with Crippen LogP contribution in [0.5, 0.6) is 0 Å². The van der Waals surface area contributed by atoms with Crippen molar-refractivity contribution in [1.29, 1.82) is 0 Å². The van der Waals surface area contributed by atoms with E-state index in [1.165, 1.54) is 0 Å². The maximum atomic E-state index is 10.7. The second-order valence-electron chi connectivity index (χ2n) is 4.40. The molecule has 1 aromatic heterocycles. The van der Waals surface area contributed by atoms with Gasteiger partial charge < -0.3 is 10.8 Å². The van der Waals surface area contributed by atoms with E-state index in [0.29, 0.717) is 5.82 Å². The van der Waals surface area contributed by atoms with Gasteiger partial charge in [-0.1, -0.05) is 19.9 Å². The lowest BCUT2D eigenvalue weighted by Crippen LogP contribution is -2.23. The van der Waals surface area contributed by atoms with Crippen LogP contribution < -0.4 is 5.73 Å². The molecule has 0 aliphatic heterocycles. The summed E-state index contributed by atoms with van der Waals surface area (Å²) in [6.45, 7) is 5.62. The maximum Gasteiger partial charge on any atom is 0.304 e. The number of aryl methyl sites for hydroxylation is 1. The number of hydrogen-bond acceptors (Lipinski definition) is 3. The second-order valence-corrected chi connectivity index (χ2v) is 4.40.